The maximum atomic E-state index is 13.2. The van der Waals surface area contributed by atoms with E-state index in [1.165, 1.54) is 0 Å². The fourth-order valence-electron chi connectivity index (χ4n) is 3.90. The number of likely N-dealkylation sites (tertiary alicyclic amines) is 1. The minimum Gasteiger partial charge on any atom is -0.496 e. The lowest BCUT2D eigenvalue weighted by molar-refractivity contribution is -0.136. The molecule has 1 aliphatic rings. The normalized spacial score (nSPS) is 14.5. The molecule has 1 fully saturated rings. The molecule has 0 unspecified atom stereocenters. The average molecular weight is 494 g/mol. The molecule has 9 heteroatoms. The summed E-state index contributed by atoms with van der Waals surface area (Å²) in [7, 11) is 1.76. The molecule has 0 aromatic heterocycles. The van der Waals surface area contributed by atoms with Gasteiger partial charge in [0.2, 0.25) is 0 Å². The first-order valence-electron chi connectivity index (χ1n) is 11.9. The van der Waals surface area contributed by atoms with Crippen molar-refractivity contribution < 1.29 is 19.0 Å². The molecule has 3 rings (SSSR count). The van der Waals surface area contributed by atoms with Crippen LogP contribution in [-0.2, 0) is 9.53 Å². The minimum absolute atomic E-state index is 0.0457. The Morgan fingerprint density at radius 2 is 1.78 bits per heavy atom. The minimum atomic E-state index is -0.762. The van der Waals surface area contributed by atoms with Crippen molar-refractivity contribution in [2.75, 3.05) is 31.6 Å². The highest BCUT2D eigenvalue weighted by Crippen LogP contribution is 2.24. The van der Waals surface area contributed by atoms with Gasteiger partial charge in [-0.15, -0.1) is 0 Å². The number of nitrogen functional groups attached to an aromatic ring is 1. The molecule has 0 spiro atoms. The third-order valence-electron chi connectivity index (χ3n) is 6.05. The van der Waals surface area contributed by atoms with Gasteiger partial charge in [-0.25, -0.2) is 4.79 Å². The van der Waals surface area contributed by atoms with E-state index in [9.17, 15) is 4.79 Å². The van der Waals surface area contributed by atoms with Crippen LogP contribution in [0.1, 0.15) is 32.3 Å². The van der Waals surface area contributed by atoms with Crippen molar-refractivity contribution in [2.24, 2.45) is 5.73 Å². The Morgan fingerprint density at radius 1 is 1.14 bits per heavy atom. The fourth-order valence-corrected chi connectivity index (χ4v) is 3.90. The van der Waals surface area contributed by atoms with Crippen molar-refractivity contribution in [1.29, 1.82) is 10.8 Å². The van der Waals surface area contributed by atoms with Crippen LogP contribution in [-0.4, -0.2) is 61.4 Å². The third-order valence-corrected chi connectivity index (χ3v) is 6.05. The van der Waals surface area contributed by atoms with E-state index in [2.05, 4.69) is 6.58 Å². The lowest BCUT2D eigenvalue weighted by Crippen LogP contribution is -2.44. The van der Waals surface area contributed by atoms with Crippen LogP contribution in [0.2, 0.25) is 0 Å². The number of hydrogen-bond donors (Lipinski definition) is 3. The summed E-state index contributed by atoms with van der Waals surface area (Å²) in [6, 6.07) is 13.3. The molecule has 1 aliphatic heterocycles. The second-order valence-electron chi connectivity index (χ2n) is 8.89. The van der Waals surface area contributed by atoms with Gasteiger partial charge in [0.15, 0.2) is 6.04 Å². The van der Waals surface area contributed by atoms with Crippen molar-refractivity contribution in [3.8, 4) is 11.5 Å². The Balaban J connectivity index is 1.65. The summed E-state index contributed by atoms with van der Waals surface area (Å²) >= 11 is 0. The highest BCUT2D eigenvalue weighted by Gasteiger charge is 2.27. The highest BCUT2D eigenvalue weighted by atomic mass is 16.5. The van der Waals surface area contributed by atoms with E-state index in [0.717, 1.165) is 25.9 Å². The Morgan fingerprint density at radius 3 is 2.36 bits per heavy atom. The second kappa shape index (κ2) is 12.1. The van der Waals surface area contributed by atoms with Crippen LogP contribution in [0.15, 0.2) is 60.9 Å². The molecule has 1 saturated heterocycles. The number of nitrogens with zero attached hydrogens (tertiary/aromatic N) is 2. The van der Waals surface area contributed by atoms with Gasteiger partial charge < -0.3 is 29.7 Å². The first kappa shape index (κ1) is 26.6. The van der Waals surface area contributed by atoms with Crippen LogP contribution in [0.25, 0.3) is 0 Å². The summed E-state index contributed by atoms with van der Waals surface area (Å²) in [6.07, 6.45) is 1.81. The van der Waals surface area contributed by atoms with Gasteiger partial charge in [0, 0.05) is 44.2 Å². The number of rotatable bonds is 10. The molecule has 0 saturated carbocycles. The molecule has 1 heterocycles. The molecule has 0 amide bonds. The SMILES string of the molecule is C=C(C)OC[C@H](C(=O)Oc1ccc(OC2CCN(C(C)=N)CC2)cc1)N(C)c1cccc(C(=N)N)c1. The summed E-state index contributed by atoms with van der Waals surface area (Å²) in [5.41, 5.74) is 6.88. The summed E-state index contributed by atoms with van der Waals surface area (Å²) in [5, 5.41) is 15.4. The Kier molecular flexibility index (Phi) is 8.94. The number of carbonyl (C=O) groups is 1. The second-order valence-corrected chi connectivity index (χ2v) is 8.89. The zero-order chi connectivity index (χ0) is 26.2. The molecular weight excluding hydrogens is 458 g/mol. The van der Waals surface area contributed by atoms with Crippen LogP contribution >= 0.6 is 0 Å². The number of amidine groups is 2. The van der Waals surface area contributed by atoms with E-state index in [1.54, 1.807) is 68.3 Å². The Hall–Kier alpha value is -4.01. The molecule has 0 aliphatic carbocycles. The number of nitrogens with one attached hydrogen (secondary N) is 2. The fraction of sp³-hybridized carbons (Fsp3) is 0.370. The van der Waals surface area contributed by atoms with Gasteiger partial charge in [0.05, 0.1) is 11.6 Å². The van der Waals surface area contributed by atoms with Crippen molar-refractivity contribution in [3.05, 3.63) is 66.4 Å². The Bertz CT molecular complexity index is 1090. The van der Waals surface area contributed by atoms with E-state index >= 15 is 0 Å². The van der Waals surface area contributed by atoms with Gasteiger partial charge in [-0.1, -0.05) is 18.7 Å². The first-order chi connectivity index (χ1) is 17.1. The maximum absolute atomic E-state index is 13.2. The zero-order valence-corrected chi connectivity index (χ0v) is 21.1. The van der Waals surface area contributed by atoms with E-state index in [-0.39, 0.29) is 18.5 Å². The predicted octanol–water partition coefficient (Wildman–Crippen LogP) is 3.77. The van der Waals surface area contributed by atoms with Gasteiger partial charge in [-0.2, -0.15) is 0 Å². The van der Waals surface area contributed by atoms with Crippen molar-refractivity contribution in [1.82, 2.24) is 4.90 Å². The van der Waals surface area contributed by atoms with Crippen LogP contribution in [0, 0.1) is 10.8 Å². The van der Waals surface area contributed by atoms with Crippen LogP contribution < -0.4 is 20.1 Å². The van der Waals surface area contributed by atoms with Crippen molar-refractivity contribution in [2.45, 2.75) is 38.8 Å². The number of ether oxygens (including phenoxy) is 3. The van der Waals surface area contributed by atoms with Crippen LogP contribution in [0.5, 0.6) is 11.5 Å². The number of anilines is 1. The number of hydrogen-bond acceptors (Lipinski definition) is 7. The lowest BCUT2D eigenvalue weighted by atomic mass is 10.1. The number of benzene rings is 2. The Labute approximate surface area is 212 Å². The van der Waals surface area contributed by atoms with Crippen molar-refractivity contribution in [3.63, 3.8) is 0 Å². The molecule has 9 nitrogen and oxygen atoms in total. The molecule has 4 N–H and O–H groups in total. The molecular formula is C27H35N5O4. The molecule has 0 bridgehead atoms. The molecule has 1 atom stereocenters. The quantitative estimate of drug-likeness (QED) is 0.151. The smallest absolute Gasteiger partial charge is 0.337 e. The van der Waals surface area contributed by atoms with Crippen LogP contribution in [0.4, 0.5) is 5.69 Å². The number of carbonyl (C=O) groups excluding carboxylic acids is 1. The number of esters is 1. The molecule has 2 aromatic carbocycles. The zero-order valence-electron chi connectivity index (χ0n) is 21.1. The van der Waals surface area contributed by atoms with Crippen LogP contribution in [0.3, 0.4) is 0 Å². The number of allylic oxidation sites excluding steroid dienone is 1. The van der Waals surface area contributed by atoms with Gasteiger partial charge in [-0.05, 0) is 50.2 Å². The molecule has 192 valence electrons. The van der Waals surface area contributed by atoms with Crippen molar-refractivity contribution >= 4 is 23.3 Å². The van der Waals surface area contributed by atoms with Gasteiger partial charge in [0.1, 0.15) is 30.0 Å². The van der Waals surface area contributed by atoms with Gasteiger partial charge >= 0.3 is 5.97 Å². The summed E-state index contributed by atoms with van der Waals surface area (Å²) in [6.45, 7) is 8.93. The largest absolute Gasteiger partial charge is 0.496 e. The van der Waals surface area contributed by atoms with E-state index in [0.29, 0.717) is 34.3 Å². The highest BCUT2D eigenvalue weighted by molar-refractivity contribution is 5.96. The summed E-state index contributed by atoms with van der Waals surface area (Å²) < 4.78 is 17.3. The van der Waals surface area contributed by atoms with E-state index in [1.807, 2.05) is 11.0 Å². The third kappa shape index (κ3) is 7.24. The van der Waals surface area contributed by atoms with Gasteiger partial charge in [0.25, 0.3) is 0 Å². The van der Waals surface area contributed by atoms with Gasteiger partial charge in [-0.3, -0.25) is 10.8 Å². The molecule has 2 aromatic rings. The maximum Gasteiger partial charge on any atom is 0.337 e. The molecule has 0 radical (unpaired) electrons. The first-order valence-corrected chi connectivity index (χ1v) is 11.9. The summed E-state index contributed by atoms with van der Waals surface area (Å²) in [4.78, 5) is 16.9. The predicted molar refractivity (Wildman–Crippen MR) is 141 cm³/mol. The topological polar surface area (TPSA) is 125 Å². The standard InChI is InChI=1S/C27H35N5O4/c1-18(2)34-17-25(31(4)21-7-5-6-20(16-21)26(29)30)27(33)36-23-10-8-22(9-11-23)35-24-12-14-32(15-13-24)19(3)28/h5-11,16,24-25,28H,1,12-15,17H2,2-4H3,(H3,29,30)/t25-/m1/s1. The van der Waals surface area contributed by atoms with E-state index < -0.39 is 12.0 Å². The number of piperidine rings is 1. The lowest BCUT2D eigenvalue weighted by Gasteiger charge is -2.32. The number of nitrogens with two attached hydrogens (primary N) is 1. The van der Waals surface area contributed by atoms with E-state index in [4.69, 9.17) is 30.8 Å². The average Bonchev–Trinajstić information content (AvgIpc) is 2.85. The summed E-state index contributed by atoms with van der Waals surface area (Å²) in [5.74, 6) is 1.63. The monoisotopic (exact) mass is 493 g/mol. The molecule has 36 heavy (non-hydrogen) atoms. The number of likely N-dealkylation sites (N-methyl/N-ethyl adjacent to an activating group) is 1.